The summed E-state index contributed by atoms with van der Waals surface area (Å²) in [6.45, 7) is 0.339. The fraction of sp³-hybridized carbons (Fsp3) is 0.143. The van der Waals surface area contributed by atoms with Gasteiger partial charge in [0.15, 0.2) is 5.76 Å². The number of ether oxygens (including phenoxy) is 1. The third-order valence-electron chi connectivity index (χ3n) is 3.00. The van der Waals surface area contributed by atoms with Gasteiger partial charge in [-0.2, -0.15) is 0 Å². The minimum atomic E-state index is -0.732. The Labute approximate surface area is 136 Å². The molecular weight excluding hydrogens is 329 g/mol. The molecule has 0 bridgehead atoms. The number of carbonyl (C=O) groups is 1. The number of hydrogen-bond acceptors (Lipinski definition) is 5. The minimum absolute atomic E-state index is 0.287. The first kappa shape index (κ1) is 14.7. The van der Waals surface area contributed by atoms with E-state index in [1.54, 1.807) is 35.3 Å². The lowest BCUT2D eigenvalue weighted by molar-refractivity contribution is -0.114. The molecule has 1 N–H and O–H groups in total. The van der Waals surface area contributed by atoms with Crippen LogP contribution in [0.2, 0.25) is 10.0 Å². The first-order chi connectivity index (χ1) is 10.7. The third-order valence-corrected chi connectivity index (χ3v) is 3.59. The first-order valence-corrected chi connectivity index (χ1v) is 7.12. The molecule has 3 rings (SSSR count). The zero-order chi connectivity index (χ0) is 15.5. The number of amides is 1. The summed E-state index contributed by atoms with van der Waals surface area (Å²) < 4.78 is 10.8. The average Bonchev–Trinajstić information content (AvgIpc) is 3.12. The molecule has 1 aromatic carbocycles. The average molecular weight is 340 g/mol. The molecule has 2 heterocycles. The molecule has 1 aromatic heterocycles. The first-order valence-electron chi connectivity index (χ1n) is 6.37. The van der Waals surface area contributed by atoms with Crippen LogP contribution >= 0.6 is 23.2 Å². The van der Waals surface area contributed by atoms with Crippen molar-refractivity contribution in [3.63, 3.8) is 0 Å². The van der Waals surface area contributed by atoms with Gasteiger partial charge in [0, 0.05) is 10.0 Å². The van der Waals surface area contributed by atoms with E-state index in [-0.39, 0.29) is 5.90 Å². The Morgan fingerprint density at radius 1 is 1.36 bits per heavy atom. The second-order valence-corrected chi connectivity index (χ2v) is 5.31. The van der Waals surface area contributed by atoms with Crippen molar-refractivity contribution in [1.82, 2.24) is 10.3 Å². The number of rotatable bonds is 5. The SMILES string of the molecule is O=CNC1OC(c2ccco2)=NN1Cc1ccc(Cl)cc1Cl. The van der Waals surface area contributed by atoms with E-state index < -0.39 is 6.35 Å². The summed E-state index contributed by atoms with van der Waals surface area (Å²) in [5, 5.41) is 9.47. The summed E-state index contributed by atoms with van der Waals surface area (Å²) in [5.74, 6) is 0.761. The Morgan fingerprint density at radius 3 is 2.91 bits per heavy atom. The van der Waals surface area contributed by atoms with Crippen LogP contribution < -0.4 is 5.32 Å². The van der Waals surface area contributed by atoms with Crippen molar-refractivity contribution in [3.8, 4) is 0 Å². The predicted molar refractivity (Wildman–Crippen MR) is 81.3 cm³/mol. The van der Waals surface area contributed by atoms with Gasteiger partial charge >= 0.3 is 0 Å². The highest BCUT2D eigenvalue weighted by molar-refractivity contribution is 6.35. The second-order valence-electron chi connectivity index (χ2n) is 4.47. The van der Waals surface area contributed by atoms with E-state index in [2.05, 4.69) is 10.4 Å². The lowest BCUT2D eigenvalue weighted by Crippen LogP contribution is -2.40. The van der Waals surface area contributed by atoms with Crippen molar-refractivity contribution in [3.05, 3.63) is 58.0 Å². The van der Waals surface area contributed by atoms with Crippen LogP contribution in [0, 0.1) is 0 Å². The largest absolute Gasteiger partial charge is 0.459 e. The molecule has 2 aromatic rings. The number of hydrogen-bond donors (Lipinski definition) is 1. The number of nitrogens with zero attached hydrogens (tertiary/aromatic N) is 2. The van der Waals surface area contributed by atoms with Crippen molar-refractivity contribution < 1.29 is 13.9 Å². The molecule has 1 unspecified atom stereocenters. The van der Waals surface area contributed by atoms with E-state index >= 15 is 0 Å². The summed E-state index contributed by atoms with van der Waals surface area (Å²) in [4.78, 5) is 10.7. The van der Waals surface area contributed by atoms with Gasteiger partial charge in [-0.15, -0.1) is 5.10 Å². The molecule has 0 saturated heterocycles. The number of hydrazone groups is 1. The molecular formula is C14H11Cl2N3O3. The molecule has 0 aliphatic carbocycles. The number of nitrogens with one attached hydrogen (secondary N) is 1. The molecule has 0 saturated carbocycles. The van der Waals surface area contributed by atoms with Gasteiger partial charge in [0.05, 0.1) is 12.8 Å². The van der Waals surface area contributed by atoms with Crippen LogP contribution in [0.1, 0.15) is 11.3 Å². The monoisotopic (exact) mass is 339 g/mol. The highest BCUT2D eigenvalue weighted by atomic mass is 35.5. The summed E-state index contributed by atoms with van der Waals surface area (Å²) in [6, 6.07) is 8.62. The van der Waals surface area contributed by atoms with Gasteiger partial charge in [0.25, 0.3) is 12.2 Å². The van der Waals surface area contributed by atoms with E-state index in [0.29, 0.717) is 28.8 Å². The molecule has 1 amide bonds. The molecule has 8 heteroatoms. The highest BCUT2D eigenvalue weighted by Crippen LogP contribution is 2.25. The Morgan fingerprint density at radius 2 is 2.23 bits per heavy atom. The maximum absolute atomic E-state index is 10.7. The Hall–Kier alpha value is -2.18. The molecule has 0 spiro atoms. The van der Waals surface area contributed by atoms with Crippen LogP contribution in [0.15, 0.2) is 46.1 Å². The minimum Gasteiger partial charge on any atom is -0.459 e. The van der Waals surface area contributed by atoms with Crippen LogP contribution in [-0.4, -0.2) is 23.7 Å². The maximum Gasteiger partial charge on any atom is 0.278 e. The van der Waals surface area contributed by atoms with Gasteiger partial charge in [-0.3, -0.25) is 4.79 Å². The quantitative estimate of drug-likeness (QED) is 0.850. The zero-order valence-corrected chi connectivity index (χ0v) is 12.7. The fourth-order valence-electron chi connectivity index (χ4n) is 1.99. The number of carbonyl (C=O) groups excluding carboxylic acids is 1. The summed E-state index contributed by atoms with van der Waals surface area (Å²) >= 11 is 12.0. The summed E-state index contributed by atoms with van der Waals surface area (Å²) in [7, 11) is 0. The smallest absolute Gasteiger partial charge is 0.278 e. The van der Waals surface area contributed by atoms with E-state index in [1.165, 1.54) is 6.26 Å². The Bertz CT molecular complexity index is 703. The molecule has 0 fully saturated rings. The zero-order valence-electron chi connectivity index (χ0n) is 11.2. The van der Waals surface area contributed by atoms with Gasteiger partial charge < -0.3 is 14.5 Å². The van der Waals surface area contributed by atoms with Gasteiger partial charge in [-0.25, -0.2) is 5.01 Å². The van der Waals surface area contributed by atoms with Crippen molar-refractivity contribution in [1.29, 1.82) is 0 Å². The number of furan rings is 1. The van der Waals surface area contributed by atoms with Crippen LogP contribution in [0.25, 0.3) is 0 Å². The third kappa shape index (κ3) is 3.03. The molecule has 114 valence electrons. The number of halogens is 2. The van der Waals surface area contributed by atoms with E-state index in [4.69, 9.17) is 32.4 Å². The van der Waals surface area contributed by atoms with Gasteiger partial charge in [-0.05, 0) is 29.8 Å². The molecule has 1 aliphatic heterocycles. The van der Waals surface area contributed by atoms with Crippen LogP contribution in [0.4, 0.5) is 0 Å². The van der Waals surface area contributed by atoms with Gasteiger partial charge in [-0.1, -0.05) is 29.3 Å². The summed E-state index contributed by atoms with van der Waals surface area (Å²) in [6.07, 6.45) is 1.33. The normalized spacial score (nSPS) is 17.1. The van der Waals surface area contributed by atoms with E-state index in [0.717, 1.165) is 5.56 Å². The molecule has 1 aliphatic rings. The van der Waals surface area contributed by atoms with Crippen molar-refractivity contribution in [2.24, 2.45) is 5.10 Å². The standard InChI is InChI=1S/C14H11Cl2N3O3/c15-10-4-3-9(11(16)6-10)7-19-14(17-8-20)22-13(18-19)12-2-1-5-21-12/h1-6,8,14H,7H2,(H,17,20). The van der Waals surface area contributed by atoms with Crippen LogP contribution in [-0.2, 0) is 16.1 Å². The summed E-state index contributed by atoms with van der Waals surface area (Å²) in [5.41, 5.74) is 0.803. The lowest BCUT2D eigenvalue weighted by atomic mass is 10.2. The number of benzene rings is 1. The van der Waals surface area contributed by atoms with Crippen LogP contribution in [0.3, 0.4) is 0 Å². The Kier molecular flexibility index (Phi) is 4.22. The molecule has 0 radical (unpaired) electrons. The molecule has 22 heavy (non-hydrogen) atoms. The van der Waals surface area contributed by atoms with Crippen molar-refractivity contribution >= 4 is 35.5 Å². The lowest BCUT2D eigenvalue weighted by Gasteiger charge is -2.21. The predicted octanol–water partition coefficient (Wildman–Crippen LogP) is 2.81. The second kappa shape index (κ2) is 6.29. The molecule has 6 nitrogen and oxygen atoms in total. The van der Waals surface area contributed by atoms with Gasteiger partial charge in [0.2, 0.25) is 6.41 Å². The van der Waals surface area contributed by atoms with Gasteiger partial charge in [0.1, 0.15) is 0 Å². The van der Waals surface area contributed by atoms with E-state index in [1.807, 2.05) is 0 Å². The Balaban J connectivity index is 1.83. The van der Waals surface area contributed by atoms with Crippen LogP contribution in [0.5, 0.6) is 0 Å². The fourth-order valence-corrected chi connectivity index (χ4v) is 2.46. The topological polar surface area (TPSA) is 67.1 Å². The van der Waals surface area contributed by atoms with Crippen molar-refractivity contribution in [2.45, 2.75) is 12.9 Å². The van der Waals surface area contributed by atoms with Crippen molar-refractivity contribution in [2.75, 3.05) is 0 Å². The molecule has 1 atom stereocenters. The maximum atomic E-state index is 10.7. The van der Waals surface area contributed by atoms with E-state index in [9.17, 15) is 4.79 Å². The highest BCUT2D eigenvalue weighted by Gasteiger charge is 2.30.